The van der Waals surface area contributed by atoms with Gasteiger partial charge in [0.25, 0.3) is 5.69 Å². The molecule has 0 bridgehead atoms. The fourth-order valence-electron chi connectivity index (χ4n) is 2.17. The van der Waals surface area contributed by atoms with E-state index in [1.165, 1.54) is 12.1 Å². The van der Waals surface area contributed by atoms with Gasteiger partial charge in [-0.1, -0.05) is 28.1 Å². The standard InChI is InChI=1S/C15H16BrN3O4S/c16-12-5-1-3-11(7-12)4-2-6-18-13-8-14(19(20)21)10-15(9-13)24(17,22)23/h1,3,5,7-10,18H,2,4,6H2,(H2,17,22,23). The van der Waals surface area contributed by atoms with Crippen LogP contribution < -0.4 is 10.5 Å². The third-order valence-corrected chi connectivity index (χ3v) is 4.68. The van der Waals surface area contributed by atoms with Crippen LogP contribution in [-0.2, 0) is 16.4 Å². The Bertz CT molecular complexity index is 856. The normalized spacial score (nSPS) is 11.2. The highest BCUT2D eigenvalue weighted by molar-refractivity contribution is 9.10. The number of benzene rings is 2. The van der Waals surface area contributed by atoms with E-state index < -0.39 is 14.9 Å². The van der Waals surface area contributed by atoms with Gasteiger partial charge in [0.15, 0.2) is 0 Å². The maximum absolute atomic E-state index is 11.4. The molecule has 7 nitrogen and oxygen atoms in total. The van der Waals surface area contributed by atoms with E-state index in [4.69, 9.17) is 5.14 Å². The molecule has 0 radical (unpaired) electrons. The number of nitrogens with two attached hydrogens (primary N) is 1. The molecule has 0 aliphatic heterocycles. The van der Waals surface area contributed by atoms with Crippen LogP contribution in [0, 0.1) is 10.1 Å². The lowest BCUT2D eigenvalue weighted by atomic mass is 10.1. The Balaban J connectivity index is 2.04. The van der Waals surface area contributed by atoms with Crippen molar-refractivity contribution in [3.63, 3.8) is 0 Å². The number of non-ortho nitro benzene ring substituents is 1. The Morgan fingerprint density at radius 2 is 1.96 bits per heavy atom. The molecule has 2 aromatic carbocycles. The van der Waals surface area contributed by atoms with E-state index in [0.29, 0.717) is 12.2 Å². The number of aryl methyl sites for hydroxylation is 1. The van der Waals surface area contributed by atoms with Crippen LogP contribution >= 0.6 is 15.9 Å². The van der Waals surface area contributed by atoms with Crippen molar-refractivity contribution < 1.29 is 13.3 Å². The molecule has 0 saturated carbocycles. The van der Waals surface area contributed by atoms with Crippen molar-refractivity contribution in [1.29, 1.82) is 0 Å². The van der Waals surface area contributed by atoms with Gasteiger partial charge < -0.3 is 5.32 Å². The minimum absolute atomic E-state index is 0.286. The van der Waals surface area contributed by atoms with Crippen molar-refractivity contribution >= 4 is 37.3 Å². The molecule has 0 heterocycles. The molecule has 0 aliphatic carbocycles. The van der Waals surface area contributed by atoms with Crippen molar-refractivity contribution in [2.75, 3.05) is 11.9 Å². The Morgan fingerprint density at radius 3 is 2.58 bits per heavy atom. The number of rotatable bonds is 7. The molecule has 0 spiro atoms. The molecule has 0 amide bonds. The van der Waals surface area contributed by atoms with Gasteiger partial charge in [-0.05, 0) is 36.6 Å². The Labute approximate surface area is 148 Å². The highest BCUT2D eigenvalue weighted by atomic mass is 79.9. The zero-order valence-corrected chi connectivity index (χ0v) is 15.0. The Morgan fingerprint density at radius 1 is 1.21 bits per heavy atom. The van der Waals surface area contributed by atoms with Gasteiger partial charge in [0.2, 0.25) is 10.0 Å². The fourth-order valence-corrected chi connectivity index (χ4v) is 3.20. The lowest BCUT2D eigenvalue weighted by Gasteiger charge is -2.08. The second kappa shape index (κ2) is 7.73. The summed E-state index contributed by atoms with van der Waals surface area (Å²) in [6, 6.07) is 11.5. The number of nitro benzene ring substituents is 1. The highest BCUT2D eigenvalue weighted by Gasteiger charge is 2.16. The van der Waals surface area contributed by atoms with Gasteiger partial charge in [0, 0.05) is 28.8 Å². The lowest BCUT2D eigenvalue weighted by molar-refractivity contribution is -0.385. The largest absolute Gasteiger partial charge is 0.385 e. The van der Waals surface area contributed by atoms with Crippen LogP contribution in [0.25, 0.3) is 0 Å². The van der Waals surface area contributed by atoms with Crippen molar-refractivity contribution in [3.05, 3.63) is 62.6 Å². The first kappa shape index (κ1) is 18.4. The highest BCUT2D eigenvalue weighted by Crippen LogP contribution is 2.23. The van der Waals surface area contributed by atoms with Crippen molar-refractivity contribution in [3.8, 4) is 0 Å². The van der Waals surface area contributed by atoms with E-state index >= 15 is 0 Å². The predicted octanol–water partition coefficient (Wildman–Crippen LogP) is 3.05. The average Bonchev–Trinajstić information content (AvgIpc) is 2.50. The van der Waals surface area contributed by atoms with Crippen molar-refractivity contribution in [2.24, 2.45) is 5.14 Å². The first-order valence-electron chi connectivity index (χ1n) is 7.06. The fraction of sp³-hybridized carbons (Fsp3) is 0.200. The number of nitrogens with zero attached hydrogens (tertiary/aromatic N) is 1. The van der Waals surface area contributed by atoms with Crippen LogP contribution in [0.5, 0.6) is 0 Å². The van der Waals surface area contributed by atoms with E-state index in [1.54, 1.807) is 0 Å². The monoisotopic (exact) mass is 413 g/mol. The van der Waals surface area contributed by atoms with Crippen LogP contribution in [-0.4, -0.2) is 19.9 Å². The van der Waals surface area contributed by atoms with Crippen LogP contribution in [0.2, 0.25) is 0 Å². The maximum Gasteiger partial charge on any atom is 0.272 e. The summed E-state index contributed by atoms with van der Waals surface area (Å²) >= 11 is 3.41. The molecule has 3 N–H and O–H groups in total. The number of nitrogens with one attached hydrogen (secondary N) is 1. The number of sulfonamides is 1. The van der Waals surface area contributed by atoms with E-state index in [-0.39, 0.29) is 10.6 Å². The summed E-state index contributed by atoms with van der Waals surface area (Å²) in [5.74, 6) is 0. The first-order chi connectivity index (χ1) is 11.3. The second-order valence-corrected chi connectivity index (χ2v) is 7.66. The zero-order valence-electron chi connectivity index (χ0n) is 12.6. The number of primary sulfonamides is 1. The van der Waals surface area contributed by atoms with Gasteiger partial charge in [0.05, 0.1) is 9.82 Å². The van der Waals surface area contributed by atoms with E-state index in [1.807, 2.05) is 24.3 Å². The minimum atomic E-state index is -4.01. The molecule has 9 heteroatoms. The van der Waals surface area contributed by atoms with Crippen LogP contribution in [0.15, 0.2) is 51.8 Å². The molecule has 0 atom stereocenters. The summed E-state index contributed by atoms with van der Waals surface area (Å²) in [6.45, 7) is 0.539. The summed E-state index contributed by atoms with van der Waals surface area (Å²) in [6.07, 6.45) is 1.60. The molecule has 0 aromatic heterocycles. The maximum atomic E-state index is 11.4. The van der Waals surface area contributed by atoms with Gasteiger partial charge in [-0.25, -0.2) is 13.6 Å². The molecule has 2 aromatic rings. The summed E-state index contributed by atoms with van der Waals surface area (Å²) < 4.78 is 23.9. The van der Waals surface area contributed by atoms with Gasteiger partial charge in [-0.15, -0.1) is 0 Å². The quantitative estimate of drug-likeness (QED) is 0.411. The first-order valence-corrected chi connectivity index (χ1v) is 9.40. The van der Waals surface area contributed by atoms with Crippen molar-refractivity contribution in [1.82, 2.24) is 0 Å². The number of anilines is 1. The van der Waals surface area contributed by atoms with Crippen LogP contribution in [0.3, 0.4) is 0 Å². The van der Waals surface area contributed by atoms with E-state index in [2.05, 4.69) is 21.2 Å². The molecule has 0 saturated heterocycles. The Kier molecular flexibility index (Phi) is 5.92. The van der Waals surface area contributed by atoms with E-state index in [0.717, 1.165) is 28.9 Å². The topological polar surface area (TPSA) is 115 Å². The van der Waals surface area contributed by atoms with Gasteiger partial charge in [-0.3, -0.25) is 10.1 Å². The molecular formula is C15H16BrN3O4S. The number of halogens is 1. The molecular weight excluding hydrogens is 398 g/mol. The third-order valence-electron chi connectivity index (χ3n) is 3.29. The minimum Gasteiger partial charge on any atom is -0.385 e. The van der Waals surface area contributed by atoms with Crippen molar-refractivity contribution in [2.45, 2.75) is 17.7 Å². The van der Waals surface area contributed by atoms with E-state index in [9.17, 15) is 18.5 Å². The molecule has 0 aliphatic rings. The van der Waals surface area contributed by atoms with Crippen LogP contribution in [0.1, 0.15) is 12.0 Å². The average molecular weight is 414 g/mol. The third kappa shape index (κ3) is 5.29. The summed E-state index contributed by atoms with van der Waals surface area (Å²) in [4.78, 5) is 9.98. The second-order valence-electron chi connectivity index (χ2n) is 5.18. The number of nitro groups is 1. The number of hydrogen-bond donors (Lipinski definition) is 2. The summed E-state index contributed by atoms with van der Waals surface area (Å²) in [5.41, 5.74) is 1.19. The molecule has 0 fully saturated rings. The molecule has 0 unspecified atom stereocenters. The number of hydrogen-bond acceptors (Lipinski definition) is 5. The zero-order chi connectivity index (χ0) is 17.7. The smallest absolute Gasteiger partial charge is 0.272 e. The predicted molar refractivity (Wildman–Crippen MR) is 95.4 cm³/mol. The molecule has 2 rings (SSSR count). The molecule has 128 valence electrons. The van der Waals surface area contributed by atoms with Gasteiger partial charge in [-0.2, -0.15) is 0 Å². The molecule has 24 heavy (non-hydrogen) atoms. The summed E-state index contributed by atoms with van der Waals surface area (Å²) in [7, 11) is -4.01. The van der Waals surface area contributed by atoms with Crippen LogP contribution in [0.4, 0.5) is 11.4 Å². The van der Waals surface area contributed by atoms with Gasteiger partial charge >= 0.3 is 0 Å². The van der Waals surface area contributed by atoms with Gasteiger partial charge in [0.1, 0.15) is 0 Å². The summed E-state index contributed by atoms with van der Waals surface area (Å²) in [5, 5.41) is 19.0. The Hall–Kier alpha value is -1.97. The lowest BCUT2D eigenvalue weighted by Crippen LogP contribution is -2.13. The SMILES string of the molecule is NS(=O)(=O)c1cc(NCCCc2cccc(Br)c2)cc([N+](=O)[O-])c1.